The number of amides is 1. The topological polar surface area (TPSA) is 64.3 Å². The van der Waals surface area contributed by atoms with E-state index in [1.54, 1.807) is 7.11 Å². The van der Waals surface area contributed by atoms with E-state index in [4.69, 9.17) is 10.5 Å². The summed E-state index contributed by atoms with van der Waals surface area (Å²) in [5.41, 5.74) is 5.26. The Morgan fingerprint density at radius 3 is 2.77 bits per heavy atom. The van der Waals surface area contributed by atoms with Gasteiger partial charge in [0.1, 0.15) is 0 Å². The number of carbonyl (C=O) groups excluding carboxylic acids is 1. The Kier molecular flexibility index (Phi) is 7.53. The zero-order valence-electron chi connectivity index (χ0n) is 7.84. The van der Waals surface area contributed by atoms with Crippen LogP contribution in [0.3, 0.4) is 0 Å². The van der Waals surface area contributed by atoms with Crippen molar-refractivity contribution in [1.29, 1.82) is 0 Å². The Balaban J connectivity index is 3.25. The third-order valence-corrected chi connectivity index (χ3v) is 1.65. The molecule has 0 saturated heterocycles. The lowest BCUT2D eigenvalue weighted by Crippen LogP contribution is -2.27. The lowest BCUT2D eigenvalue weighted by molar-refractivity contribution is -0.121. The molecular formula is C8H16N2O2S. The number of rotatable bonds is 7. The molecule has 0 unspecified atom stereocenters. The highest BCUT2D eigenvalue weighted by Gasteiger charge is 1.99. The fraction of sp³-hybridized carbons (Fsp3) is 0.750. The van der Waals surface area contributed by atoms with Gasteiger partial charge in [-0.2, -0.15) is 0 Å². The molecule has 1 amide bonds. The molecule has 13 heavy (non-hydrogen) atoms. The predicted molar refractivity (Wildman–Crippen MR) is 55.5 cm³/mol. The van der Waals surface area contributed by atoms with Gasteiger partial charge in [-0.1, -0.05) is 12.2 Å². The van der Waals surface area contributed by atoms with E-state index in [0.29, 0.717) is 31.0 Å². The first kappa shape index (κ1) is 12.3. The molecule has 0 rings (SSSR count). The van der Waals surface area contributed by atoms with Gasteiger partial charge >= 0.3 is 0 Å². The molecule has 0 aromatic carbocycles. The van der Waals surface area contributed by atoms with E-state index in [1.807, 2.05) is 0 Å². The van der Waals surface area contributed by atoms with Crippen molar-refractivity contribution in [3.63, 3.8) is 0 Å². The van der Waals surface area contributed by atoms with Crippen molar-refractivity contribution in [2.45, 2.75) is 19.3 Å². The summed E-state index contributed by atoms with van der Waals surface area (Å²) in [5, 5.41) is 2.71. The Bertz CT molecular complexity index is 174. The molecule has 5 heteroatoms. The van der Waals surface area contributed by atoms with Crippen LogP contribution in [0.4, 0.5) is 0 Å². The van der Waals surface area contributed by atoms with Crippen LogP contribution in [0.25, 0.3) is 0 Å². The monoisotopic (exact) mass is 204 g/mol. The summed E-state index contributed by atoms with van der Waals surface area (Å²) in [6, 6.07) is 0. The number of hydrogen-bond donors (Lipinski definition) is 2. The molecule has 76 valence electrons. The molecule has 0 aliphatic rings. The van der Waals surface area contributed by atoms with Crippen molar-refractivity contribution in [3.05, 3.63) is 0 Å². The van der Waals surface area contributed by atoms with E-state index < -0.39 is 0 Å². The Labute approximate surface area is 83.8 Å². The van der Waals surface area contributed by atoms with Gasteiger partial charge in [0.2, 0.25) is 5.91 Å². The van der Waals surface area contributed by atoms with Crippen LogP contribution in [-0.4, -0.2) is 31.2 Å². The van der Waals surface area contributed by atoms with E-state index in [1.165, 1.54) is 0 Å². The lowest BCUT2D eigenvalue weighted by atomic mass is 10.3. The van der Waals surface area contributed by atoms with Gasteiger partial charge < -0.3 is 15.8 Å². The summed E-state index contributed by atoms with van der Waals surface area (Å²) >= 11 is 4.66. The van der Waals surface area contributed by atoms with Crippen LogP contribution in [0.1, 0.15) is 19.3 Å². The van der Waals surface area contributed by atoms with Crippen LogP contribution < -0.4 is 11.1 Å². The van der Waals surface area contributed by atoms with E-state index in [0.717, 1.165) is 6.42 Å². The lowest BCUT2D eigenvalue weighted by Gasteiger charge is -2.03. The molecule has 0 heterocycles. The zero-order valence-corrected chi connectivity index (χ0v) is 8.65. The minimum absolute atomic E-state index is 0.0216. The maximum Gasteiger partial charge on any atom is 0.220 e. The van der Waals surface area contributed by atoms with Gasteiger partial charge in [0.25, 0.3) is 0 Å². The van der Waals surface area contributed by atoms with E-state index in [9.17, 15) is 4.79 Å². The number of methoxy groups -OCH3 is 1. The molecule has 0 fully saturated rings. The van der Waals surface area contributed by atoms with Gasteiger partial charge in [0.15, 0.2) is 0 Å². The van der Waals surface area contributed by atoms with Crippen molar-refractivity contribution in [2.75, 3.05) is 20.3 Å². The van der Waals surface area contributed by atoms with Gasteiger partial charge in [-0.3, -0.25) is 4.79 Å². The first-order valence-corrected chi connectivity index (χ1v) is 4.61. The maximum absolute atomic E-state index is 11.0. The van der Waals surface area contributed by atoms with E-state index in [2.05, 4.69) is 17.5 Å². The molecule has 0 bridgehead atoms. The SMILES string of the molecule is COCCCC(=O)NCCC(N)=S. The Morgan fingerprint density at radius 1 is 1.54 bits per heavy atom. The standard InChI is InChI=1S/C8H16N2O2S/c1-12-6-2-3-8(11)10-5-4-7(9)13/h2-6H2,1H3,(H2,9,13)(H,10,11). The largest absolute Gasteiger partial charge is 0.393 e. The van der Waals surface area contributed by atoms with E-state index in [-0.39, 0.29) is 5.91 Å². The predicted octanol–water partition coefficient (Wildman–Crippen LogP) is 0.205. The summed E-state index contributed by atoms with van der Waals surface area (Å²) < 4.78 is 4.81. The number of hydrogen-bond acceptors (Lipinski definition) is 3. The second-order valence-electron chi connectivity index (χ2n) is 2.66. The summed E-state index contributed by atoms with van der Waals surface area (Å²) in [6.07, 6.45) is 1.80. The van der Waals surface area contributed by atoms with Crippen LogP contribution in [0.15, 0.2) is 0 Å². The van der Waals surface area contributed by atoms with E-state index >= 15 is 0 Å². The van der Waals surface area contributed by atoms with Gasteiger partial charge in [-0.25, -0.2) is 0 Å². The molecular weight excluding hydrogens is 188 g/mol. The highest BCUT2D eigenvalue weighted by molar-refractivity contribution is 7.80. The molecule has 0 spiro atoms. The third kappa shape index (κ3) is 9.23. The first-order chi connectivity index (χ1) is 6.16. The molecule has 0 saturated carbocycles. The van der Waals surface area contributed by atoms with Crippen LogP contribution >= 0.6 is 12.2 Å². The number of nitrogens with two attached hydrogens (primary N) is 1. The van der Waals surface area contributed by atoms with Gasteiger partial charge in [-0.15, -0.1) is 0 Å². The minimum Gasteiger partial charge on any atom is -0.393 e. The molecule has 3 N–H and O–H groups in total. The summed E-state index contributed by atoms with van der Waals surface area (Å²) in [4.78, 5) is 11.5. The van der Waals surface area contributed by atoms with Gasteiger partial charge in [0.05, 0.1) is 4.99 Å². The average Bonchev–Trinajstić information content (AvgIpc) is 2.04. The summed E-state index contributed by atoms with van der Waals surface area (Å²) in [5.74, 6) is 0.0216. The Morgan fingerprint density at radius 2 is 2.23 bits per heavy atom. The Hall–Kier alpha value is -0.680. The maximum atomic E-state index is 11.0. The fourth-order valence-electron chi connectivity index (χ4n) is 0.791. The highest BCUT2D eigenvalue weighted by Crippen LogP contribution is 1.89. The minimum atomic E-state index is 0.0216. The smallest absolute Gasteiger partial charge is 0.220 e. The van der Waals surface area contributed by atoms with Crippen molar-refractivity contribution in [2.24, 2.45) is 5.73 Å². The molecule has 0 aliphatic heterocycles. The molecule has 0 aromatic heterocycles. The highest BCUT2D eigenvalue weighted by atomic mass is 32.1. The second kappa shape index (κ2) is 7.94. The number of ether oxygens (including phenoxy) is 1. The van der Waals surface area contributed by atoms with Crippen molar-refractivity contribution >= 4 is 23.1 Å². The molecule has 0 aliphatic carbocycles. The van der Waals surface area contributed by atoms with Crippen LogP contribution in [-0.2, 0) is 9.53 Å². The van der Waals surface area contributed by atoms with Crippen LogP contribution in [0.5, 0.6) is 0 Å². The van der Waals surface area contributed by atoms with Crippen LogP contribution in [0, 0.1) is 0 Å². The fourth-order valence-corrected chi connectivity index (χ4v) is 0.893. The third-order valence-electron chi connectivity index (χ3n) is 1.45. The molecule has 0 atom stereocenters. The van der Waals surface area contributed by atoms with Gasteiger partial charge in [0, 0.05) is 33.1 Å². The summed E-state index contributed by atoms with van der Waals surface area (Å²) in [7, 11) is 1.62. The quantitative estimate of drug-likeness (QED) is 0.459. The summed E-state index contributed by atoms with van der Waals surface area (Å²) in [6.45, 7) is 1.14. The second-order valence-corrected chi connectivity index (χ2v) is 3.19. The molecule has 0 radical (unpaired) electrons. The van der Waals surface area contributed by atoms with Crippen LogP contribution in [0.2, 0.25) is 0 Å². The van der Waals surface area contributed by atoms with Crippen molar-refractivity contribution in [1.82, 2.24) is 5.32 Å². The first-order valence-electron chi connectivity index (χ1n) is 4.20. The number of thiocarbonyl (C=S) groups is 1. The molecule has 4 nitrogen and oxygen atoms in total. The number of nitrogens with one attached hydrogen (secondary N) is 1. The van der Waals surface area contributed by atoms with Crippen molar-refractivity contribution in [3.8, 4) is 0 Å². The number of carbonyl (C=O) groups is 1. The molecule has 0 aromatic rings. The normalized spacial score (nSPS) is 9.62. The van der Waals surface area contributed by atoms with Crippen molar-refractivity contribution < 1.29 is 9.53 Å². The van der Waals surface area contributed by atoms with Gasteiger partial charge in [-0.05, 0) is 6.42 Å². The average molecular weight is 204 g/mol. The zero-order chi connectivity index (χ0) is 10.1.